The van der Waals surface area contributed by atoms with Crippen LogP contribution in [-0.4, -0.2) is 119 Å². The maximum atomic E-state index is 14.3. The summed E-state index contributed by atoms with van der Waals surface area (Å²) in [5.41, 5.74) is 1.53. The Morgan fingerprint density at radius 1 is 0.434 bits per heavy atom. The third kappa shape index (κ3) is 13.5. The van der Waals surface area contributed by atoms with E-state index in [-0.39, 0.29) is 41.0 Å². The zero-order chi connectivity index (χ0) is 53.0. The molecule has 0 spiro atoms. The highest BCUT2D eigenvalue weighted by Gasteiger charge is 2.57. The van der Waals surface area contributed by atoms with Crippen molar-refractivity contribution in [3.05, 3.63) is 215 Å². The van der Waals surface area contributed by atoms with Crippen molar-refractivity contribution in [3.8, 4) is 0 Å². The highest BCUT2D eigenvalue weighted by Crippen LogP contribution is 2.39. The van der Waals surface area contributed by atoms with Gasteiger partial charge in [0.2, 0.25) is 0 Å². The lowest BCUT2D eigenvalue weighted by Crippen LogP contribution is -2.65. The van der Waals surface area contributed by atoms with E-state index < -0.39 is 112 Å². The molecule has 6 aromatic rings. The molecular formula is C59H58O16Si. The summed E-state index contributed by atoms with van der Waals surface area (Å²) >= 11 is 0. The van der Waals surface area contributed by atoms with Crippen molar-refractivity contribution in [3.63, 3.8) is 0 Å². The molecule has 0 aliphatic carbocycles. The quantitative estimate of drug-likeness (QED) is 0.0450. The third-order valence-corrected chi connectivity index (χ3v) is 14.5. The highest BCUT2D eigenvalue weighted by molar-refractivity contribution is 6.76. The second-order valence-electron chi connectivity index (χ2n) is 19.5. The Balaban J connectivity index is 1.11. The average Bonchev–Trinajstić information content (AvgIpc) is 3.45. The van der Waals surface area contributed by atoms with Crippen LogP contribution in [-0.2, 0) is 52.1 Å². The molecule has 394 valence electrons. The molecule has 0 bridgehead atoms. The molecule has 3 aliphatic rings. The van der Waals surface area contributed by atoms with Crippen LogP contribution in [0.4, 0.5) is 0 Å². The molecule has 6 aromatic carbocycles. The van der Waals surface area contributed by atoms with Crippen molar-refractivity contribution in [2.24, 2.45) is 0 Å². The van der Waals surface area contributed by atoms with E-state index in [1.807, 2.05) is 30.3 Å². The van der Waals surface area contributed by atoms with Gasteiger partial charge in [-0.15, -0.1) is 0 Å². The fourth-order valence-corrected chi connectivity index (χ4v) is 9.50. The van der Waals surface area contributed by atoms with Crippen molar-refractivity contribution in [2.75, 3.05) is 19.8 Å². The predicted octanol–water partition coefficient (Wildman–Crippen LogP) is 9.05. The number of benzene rings is 6. The fourth-order valence-electron chi connectivity index (χ4n) is 8.77. The van der Waals surface area contributed by atoms with Crippen LogP contribution in [0, 0.1) is 0 Å². The Bertz CT molecular complexity index is 2860. The molecule has 76 heavy (non-hydrogen) atoms. The van der Waals surface area contributed by atoms with Crippen LogP contribution in [0.25, 0.3) is 0 Å². The Kier molecular flexibility index (Phi) is 17.6. The van der Waals surface area contributed by atoms with E-state index in [1.54, 1.807) is 152 Å². The Morgan fingerprint density at radius 2 is 0.803 bits per heavy atom. The lowest BCUT2D eigenvalue weighted by molar-refractivity contribution is -0.366. The van der Waals surface area contributed by atoms with Gasteiger partial charge in [-0.05, 0) is 66.7 Å². The summed E-state index contributed by atoms with van der Waals surface area (Å²) in [6, 6.07) is 50.8. The lowest BCUT2D eigenvalue weighted by Gasteiger charge is -2.49. The second-order valence-corrected chi connectivity index (χ2v) is 25.1. The molecule has 17 heteroatoms. The van der Waals surface area contributed by atoms with Crippen LogP contribution in [0.1, 0.15) is 63.6 Å². The molecule has 1 unspecified atom stereocenters. The van der Waals surface area contributed by atoms with Gasteiger partial charge in [0.1, 0.15) is 18.3 Å². The Labute approximate surface area is 441 Å². The molecule has 3 heterocycles. The third-order valence-electron chi connectivity index (χ3n) is 12.8. The van der Waals surface area contributed by atoms with Crippen LogP contribution >= 0.6 is 0 Å². The van der Waals surface area contributed by atoms with Gasteiger partial charge in [0, 0.05) is 20.2 Å². The van der Waals surface area contributed by atoms with Gasteiger partial charge in [0.25, 0.3) is 0 Å². The van der Waals surface area contributed by atoms with E-state index in [9.17, 15) is 24.0 Å². The van der Waals surface area contributed by atoms with Crippen molar-refractivity contribution in [2.45, 2.75) is 93.4 Å². The number of hydrogen-bond donors (Lipinski definition) is 0. The van der Waals surface area contributed by atoms with Gasteiger partial charge in [-0.3, -0.25) is 0 Å². The first kappa shape index (κ1) is 53.5. The number of hydrogen-bond acceptors (Lipinski definition) is 16. The van der Waals surface area contributed by atoms with E-state index in [4.69, 9.17) is 52.1 Å². The minimum atomic E-state index is -1.77. The van der Waals surface area contributed by atoms with E-state index in [0.717, 1.165) is 0 Å². The molecule has 0 amide bonds. The SMILES string of the molecule is C[Si](C)(C)CCO[C@@H]1O[C@H](CO[C@@H]2O[C@@H]3COC(c4ccccc4)O[C@@H]3[C@H](OC(=O)c3ccccc3)[C@H]2OC(=O)c2ccccc2)[C@H](OC(=O)c2ccccc2)[C@H](OC(=O)c2ccccc2)[C@H]1OC(=O)c1ccccc1. The zero-order valence-corrected chi connectivity index (χ0v) is 43.0. The zero-order valence-electron chi connectivity index (χ0n) is 42.0. The van der Waals surface area contributed by atoms with Crippen molar-refractivity contribution >= 4 is 37.9 Å². The van der Waals surface area contributed by atoms with E-state index in [1.165, 1.54) is 0 Å². The fraction of sp³-hybridized carbons (Fsp3) is 0.305. The first-order valence-electron chi connectivity index (χ1n) is 25.0. The van der Waals surface area contributed by atoms with Crippen molar-refractivity contribution in [1.29, 1.82) is 0 Å². The lowest BCUT2D eigenvalue weighted by atomic mass is 9.96. The van der Waals surface area contributed by atoms with Gasteiger partial charge in [0.15, 0.2) is 49.4 Å². The molecule has 0 saturated carbocycles. The molecule has 3 aliphatic heterocycles. The molecule has 11 atom stereocenters. The Hall–Kier alpha value is -7.35. The average molecular weight is 1050 g/mol. The largest absolute Gasteiger partial charge is 0.452 e. The molecule has 0 aromatic heterocycles. The summed E-state index contributed by atoms with van der Waals surface area (Å²) in [7, 11) is -1.77. The summed E-state index contributed by atoms with van der Waals surface area (Å²) in [5.74, 6) is -4.03. The van der Waals surface area contributed by atoms with Crippen LogP contribution in [0.2, 0.25) is 25.7 Å². The molecule has 3 fully saturated rings. The molecule has 0 N–H and O–H groups in total. The maximum absolute atomic E-state index is 14.3. The summed E-state index contributed by atoms with van der Waals surface area (Å²) in [6.07, 6.45) is -15.1. The first-order chi connectivity index (χ1) is 36.9. The summed E-state index contributed by atoms with van der Waals surface area (Å²) in [6.45, 7) is 6.00. The summed E-state index contributed by atoms with van der Waals surface area (Å²) in [5, 5.41) is 0. The second kappa shape index (κ2) is 25.0. The van der Waals surface area contributed by atoms with Gasteiger partial charge in [-0.1, -0.05) is 141 Å². The van der Waals surface area contributed by atoms with E-state index >= 15 is 0 Å². The summed E-state index contributed by atoms with van der Waals surface area (Å²) < 4.78 is 70.8. The Morgan fingerprint density at radius 3 is 1.24 bits per heavy atom. The van der Waals surface area contributed by atoms with Crippen molar-refractivity contribution < 1.29 is 76.1 Å². The standard InChI is InChI=1S/C59H58O16Si/c1-76(2,3)35-34-65-58-50(73-55(63)41-28-16-7-17-29-41)48(71-53(61)39-24-12-5-13-25-39)46(70-52(60)38-22-10-4-11-23-38)44(68-58)37-67-59-51(74-56(64)42-30-18-8-19-31-42)49(72-54(62)40-26-14-6-15-27-40)47-45(69-59)36-66-57(75-47)43-32-20-9-21-33-43/h4-33,44-51,57-59H,34-37H2,1-3H3/t44-,45-,46+,47+,48+,49+,50-,51-,57?,58-,59-/m1/s1. The van der Waals surface area contributed by atoms with E-state index in [2.05, 4.69) is 19.6 Å². The van der Waals surface area contributed by atoms with Gasteiger partial charge in [-0.25, -0.2) is 24.0 Å². The number of fused-ring (bicyclic) bond motifs is 1. The number of carbonyl (C=O) groups excluding carboxylic acids is 5. The number of carbonyl (C=O) groups is 5. The smallest absolute Gasteiger partial charge is 0.338 e. The molecule has 16 nitrogen and oxygen atoms in total. The van der Waals surface area contributed by atoms with Crippen LogP contribution in [0.3, 0.4) is 0 Å². The maximum Gasteiger partial charge on any atom is 0.338 e. The normalized spacial score (nSPS) is 25.2. The number of rotatable bonds is 18. The van der Waals surface area contributed by atoms with Crippen LogP contribution in [0.15, 0.2) is 182 Å². The monoisotopic (exact) mass is 1050 g/mol. The van der Waals surface area contributed by atoms with Gasteiger partial charge >= 0.3 is 29.8 Å². The molecule has 9 rings (SSSR count). The van der Waals surface area contributed by atoms with Crippen LogP contribution in [0.5, 0.6) is 0 Å². The van der Waals surface area contributed by atoms with Gasteiger partial charge in [-0.2, -0.15) is 0 Å². The predicted molar refractivity (Wildman–Crippen MR) is 276 cm³/mol. The van der Waals surface area contributed by atoms with Gasteiger partial charge < -0.3 is 52.1 Å². The van der Waals surface area contributed by atoms with Crippen molar-refractivity contribution in [1.82, 2.24) is 0 Å². The first-order valence-corrected chi connectivity index (χ1v) is 28.8. The minimum absolute atomic E-state index is 0.0843. The molecular weight excluding hydrogens is 993 g/mol. The van der Waals surface area contributed by atoms with Gasteiger partial charge in [0.05, 0.1) is 41.0 Å². The molecule has 3 saturated heterocycles. The highest BCUT2D eigenvalue weighted by atomic mass is 28.3. The van der Waals surface area contributed by atoms with Crippen LogP contribution < -0.4 is 0 Å². The topological polar surface area (TPSA) is 187 Å². The molecule has 0 radical (unpaired) electrons. The van der Waals surface area contributed by atoms with E-state index in [0.29, 0.717) is 11.6 Å². The summed E-state index contributed by atoms with van der Waals surface area (Å²) in [4.78, 5) is 71.0. The minimum Gasteiger partial charge on any atom is -0.452 e. The number of esters is 5. The number of ether oxygens (including phenoxy) is 11.